The largest absolute Gasteiger partial charge is 0.480 e. The highest BCUT2D eigenvalue weighted by molar-refractivity contribution is 7.98. The third-order valence-corrected chi connectivity index (χ3v) is 5.48. The summed E-state index contributed by atoms with van der Waals surface area (Å²) in [5.74, 6) is -2.95. The molecular weight excluding hydrogens is 460 g/mol. The van der Waals surface area contributed by atoms with Crippen LogP contribution in [0.3, 0.4) is 0 Å². The number of nitrogens with one attached hydrogen (secondary N) is 4. The zero-order valence-corrected chi connectivity index (χ0v) is 19.5. The number of hydrogen-bond acceptors (Lipinski definition) is 9. The molecule has 12 nitrogen and oxygen atoms in total. The molecule has 0 saturated carbocycles. The number of rotatable bonds is 14. The van der Waals surface area contributed by atoms with Crippen LogP contribution in [0, 0.1) is 0 Å². The number of thioether (sulfide) groups is 1. The van der Waals surface area contributed by atoms with E-state index in [0.29, 0.717) is 11.4 Å². The number of hydrogen-bond donors (Lipinski definition) is 8. The number of imidazole rings is 1. The molecule has 8 N–H and O–H groups in total. The molecule has 0 fully saturated rings. The first-order chi connectivity index (χ1) is 15.1. The number of aromatic nitrogens is 2. The second-order valence-corrected chi connectivity index (χ2v) is 8.38. The minimum absolute atomic E-state index is 0.00681. The van der Waals surface area contributed by atoms with Gasteiger partial charge in [-0.05, 0) is 25.4 Å². The van der Waals surface area contributed by atoms with E-state index in [2.05, 4.69) is 38.5 Å². The van der Waals surface area contributed by atoms with Gasteiger partial charge in [0.25, 0.3) is 0 Å². The number of H-pyrrole nitrogens is 1. The Balaban J connectivity index is 2.94. The number of aliphatic carboxylic acids is 1. The van der Waals surface area contributed by atoms with E-state index in [4.69, 9.17) is 5.73 Å². The van der Waals surface area contributed by atoms with E-state index in [0.717, 1.165) is 0 Å². The first kappa shape index (κ1) is 27.7. The van der Waals surface area contributed by atoms with Crippen molar-refractivity contribution in [1.29, 1.82) is 0 Å². The number of aromatic amines is 1. The minimum atomic E-state index is -1.25. The maximum absolute atomic E-state index is 12.8. The number of amides is 3. The fourth-order valence-electron chi connectivity index (χ4n) is 2.54. The first-order valence-electron chi connectivity index (χ1n) is 9.75. The predicted octanol–water partition coefficient (Wildman–Crippen LogP) is -2.12. The van der Waals surface area contributed by atoms with Gasteiger partial charge >= 0.3 is 5.97 Å². The maximum Gasteiger partial charge on any atom is 0.326 e. The van der Waals surface area contributed by atoms with Gasteiger partial charge in [-0.1, -0.05) is 0 Å². The molecule has 3 amide bonds. The average molecular weight is 491 g/mol. The molecule has 1 aromatic heterocycles. The molecule has 1 aromatic rings. The minimum Gasteiger partial charge on any atom is -0.480 e. The van der Waals surface area contributed by atoms with Gasteiger partial charge in [-0.2, -0.15) is 24.4 Å². The van der Waals surface area contributed by atoms with Gasteiger partial charge in [-0.15, -0.1) is 0 Å². The fraction of sp³-hybridized carbons (Fsp3) is 0.611. The topological polar surface area (TPSA) is 200 Å². The molecular formula is C18H30N6O6S2. The van der Waals surface area contributed by atoms with Crippen molar-refractivity contribution in [3.8, 4) is 0 Å². The maximum atomic E-state index is 12.8. The molecule has 0 radical (unpaired) electrons. The smallest absolute Gasteiger partial charge is 0.326 e. The number of carboxylic acids is 1. The van der Waals surface area contributed by atoms with Gasteiger partial charge in [-0.3, -0.25) is 14.4 Å². The van der Waals surface area contributed by atoms with Crippen molar-refractivity contribution in [3.05, 3.63) is 18.2 Å². The zero-order valence-electron chi connectivity index (χ0n) is 17.8. The quantitative estimate of drug-likeness (QED) is 0.134. The number of carboxylic acid groups (broad SMARTS) is 1. The molecule has 1 heterocycles. The standard InChI is InChI=1S/C18H30N6O6S2/c1-9(25)14(19)17(28)24-13(7-31)16(27)23-12(5-10-6-20-8-21-10)15(26)22-11(18(29)30)3-4-32-2/h6,8-9,11-14,25,31H,3-5,7,19H2,1-2H3,(H,20,21)(H,22,26)(H,23,27)(H,24,28)(H,29,30). The molecule has 5 atom stereocenters. The van der Waals surface area contributed by atoms with E-state index in [9.17, 15) is 29.4 Å². The van der Waals surface area contributed by atoms with Crippen LogP contribution in [0.1, 0.15) is 19.0 Å². The SMILES string of the molecule is CSCCC(NC(=O)C(Cc1cnc[nH]1)NC(=O)C(CS)NC(=O)C(N)C(C)O)C(=O)O. The number of aliphatic hydroxyl groups is 1. The summed E-state index contributed by atoms with van der Waals surface area (Å²) in [6, 6.07) is -4.66. The summed E-state index contributed by atoms with van der Waals surface area (Å²) in [7, 11) is 0. The normalized spacial score (nSPS) is 15.7. The number of aliphatic hydroxyl groups excluding tert-OH is 1. The van der Waals surface area contributed by atoms with E-state index >= 15 is 0 Å². The molecule has 14 heteroatoms. The summed E-state index contributed by atoms with van der Waals surface area (Å²) < 4.78 is 0. The molecule has 5 unspecified atom stereocenters. The Hall–Kier alpha value is -2.29. The van der Waals surface area contributed by atoms with Crippen LogP contribution in [0.4, 0.5) is 0 Å². The monoisotopic (exact) mass is 490 g/mol. The highest BCUT2D eigenvalue weighted by Crippen LogP contribution is 2.05. The van der Waals surface area contributed by atoms with Gasteiger partial charge < -0.3 is 36.9 Å². The molecule has 0 aliphatic carbocycles. The predicted molar refractivity (Wildman–Crippen MR) is 122 cm³/mol. The lowest BCUT2D eigenvalue weighted by atomic mass is 10.1. The van der Waals surface area contributed by atoms with Crippen molar-refractivity contribution in [2.24, 2.45) is 5.73 Å². The van der Waals surface area contributed by atoms with Crippen LogP contribution in [0.5, 0.6) is 0 Å². The van der Waals surface area contributed by atoms with E-state index in [-0.39, 0.29) is 18.6 Å². The number of nitrogens with zero attached hydrogens (tertiary/aromatic N) is 1. The number of carbonyl (C=O) groups excluding carboxylic acids is 3. The van der Waals surface area contributed by atoms with E-state index in [1.165, 1.54) is 31.2 Å². The first-order valence-corrected chi connectivity index (χ1v) is 11.8. The van der Waals surface area contributed by atoms with Crippen molar-refractivity contribution in [1.82, 2.24) is 25.9 Å². The van der Waals surface area contributed by atoms with Gasteiger partial charge in [0.1, 0.15) is 24.2 Å². The Kier molecular flexibility index (Phi) is 12.1. The van der Waals surface area contributed by atoms with Crippen molar-refractivity contribution in [3.63, 3.8) is 0 Å². The van der Waals surface area contributed by atoms with Crippen LogP contribution in [-0.4, -0.2) is 91.9 Å². The lowest BCUT2D eigenvalue weighted by molar-refractivity contribution is -0.142. The molecule has 180 valence electrons. The lowest BCUT2D eigenvalue weighted by Gasteiger charge is -2.24. The molecule has 1 rings (SSSR count). The molecule has 0 saturated heterocycles. The molecule has 0 bridgehead atoms. The van der Waals surface area contributed by atoms with Gasteiger partial charge in [0.2, 0.25) is 17.7 Å². The highest BCUT2D eigenvalue weighted by Gasteiger charge is 2.30. The Morgan fingerprint density at radius 1 is 1.16 bits per heavy atom. The molecule has 0 aromatic carbocycles. The van der Waals surface area contributed by atoms with Crippen LogP contribution < -0.4 is 21.7 Å². The fourth-order valence-corrected chi connectivity index (χ4v) is 3.27. The summed E-state index contributed by atoms with van der Waals surface area (Å²) in [5, 5.41) is 26.2. The third-order valence-electron chi connectivity index (χ3n) is 4.48. The highest BCUT2D eigenvalue weighted by atomic mass is 32.2. The van der Waals surface area contributed by atoms with Crippen LogP contribution in [0.2, 0.25) is 0 Å². The van der Waals surface area contributed by atoms with Crippen LogP contribution in [0.15, 0.2) is 12.5 Å². The third kappa shape index (κ3) is 9.06. The summed E-state index contributed by atoms with van der Waals surface area (Å²) in [4.78, 5) is 55.8. The summed E-state index contributed by atoms with van der Waals surface area (Å²) in [6.07, 6.45) is 3.77. The van der Waals surface area contributed by atoms with Gasteiger partial charge in [0.15, 0.2) is 0 Å². The Labute approximate surface area is 195 Å². The van der Waals surface area contributed by atoms with Crippen LogP contribution >= 0.6 is 24.4 Å². The Morgan fingerprint density at radius 2 is 1.75 bits per heavy atom. The van der Waals surface area contributed by atoms with Gasteiger partial charge in [-0.25, -0.2) is 9.78 Å². The molecule has 32 heavy (non-hydrogen) atoms. The van der Waals surface area contributed by atoms with Crippen LogP contribution in [-0.2, 0) is 25.6 Å². The van der Waals surface area contributed by atoms with E-state index in [1.54, 1.807) is 0 Å². The molecule has 0 aliphatic rings. The summed E-state index contributed by atoms with van der Waals surface area (Å²) >= 11 is 5.50. The van der Waals surface area contributed by atoms with Crippen molar-refractivity contribution < 1.29 is 29.4 Å². The second-order valence-electron chi connectivity index (χ2n) is 7.03. The lowest BCUT2D eigenvalue weighted by Crippen LogP contribution is -2.59. The van der Waals surface area contributed by atoms with Crippen molar-refractivity contribution >= 4 is 48.1 Å². The number of thiol groups is 1. The van der Waals surface area contributed by atoms with Gasteiger partial charge in [0.05, 0.1) is 12.4 Å². The van der Waals surface area contributed by atoms with Crippen molar-refractivity contribution in [2.45, 2.75) is 50.0 Å². The molecule has 0 aliphatic heterocycles. The number of nitrogens with two attached hydrogens (primary N) is 1. The molecule has 0 spiro atoms. The summed E-state index contributed by atoms with van der Waals surface area (Å²) in [6.45, 7) is 1.33. The number of carbonyl (C=O) groups is 4. The van der Waals surface area contributed by atoms with E-state index in [1.807, 2.05) is 6.26 Å². The Morgan fingerprint density at radius 3 is 2.25 bits per heavy atom. The zero-order chi connectivity index (χ0) is 24.3. The van der Waals surface area contributed by atoms with E-state index < -0.39 is 54.0 Å². The van der Waals surface area contributed by atoms with Crippen LogP contribution in [0.25, 0.3) is 0 Å². The summed E-state index contributed by atoms with van der Waals surface area (Å²) in [5.41, 5.74) is 6.11. The van der Waals surface area contributed by atoms with Gasteiger partial charge in [0, 0.05) is 24.1 Å². The average Bonchev–Trinajstić information content (AvgIpc) is 3.26. The Bertz CT molecular complexity index is 763. The van der Waals surface area contributed by atoms with Crippen molar-refractivity contribution in [2.75, 3.05) is 17.8 Å². The second kappa shape index (κ2) is 14.0.